The molecule has 0 amide bonds. The Hall–Kier alpha value is -1.84. The summed E-state index contributed by atoms with van der Waals surface area (Å²) in [5.74, 6) is 1.20. The number of rotatable bonds is 1. The Morgan fingerprint density at radius 2 is 2.06 bits per heavy atom. The van der Waals surface area contributed by atoms with Crippen LogP contribution in [0.3, 0.4) is 0 Å². The van der Waals surface area contributed by atoms with Crippen molar-refractivity contribution in [2.75, 3.05) is 5.73 Å². The monoisotopic (exact) mass is 217 g/mol. The first kappa shape index (κ1) is 10.7. The van der Waals surface area contributed by atoms with Crippen molar-refractivity contribution in [3.63, 3.8) is 0 Å². The summed E-state index contributed by atoms with van der Waals surface area (Å²) in [6, 6.07) is 3.82. The van der Waals surface area contributed by atoms with Gasteiger partial charge in [0, 0.05) is 23.4 Å². The van der Waals surface area contributed by atoms with Gasteiger partial charge in [0.15, 0.2) is 11.6 Å². The standard InChI is InChI=1S/C12H15N3O/c1-12(2,3)10-9(11(13)15-16-10)8-5-4-6-14-7-8/h4-7H,1-3H3,(H2,13,15). The van der Waals surface area contributed by atoms with Crippen LogP contribution in [0.1, 0.15) is 26.5 Å². The highest BCUT2D eigenvalue weighted by molar-refractivity contribution is 5.75. The normalized spacial score (nSPS) is 11.7. The molecule has 2 aromatic rings. The lowest BCUT2D eigenvalue weighted by molar-refractivity contribution is 0.332. The molecule has 2 aromatic heterocycles. The van der Waals surface area contributed by atoms with E-state index >= 15 is 0 Å². The zero-order valence-corrected chi connectivity index (χ0v) is 9.69. The first-order valence-corrected chi connectivity index (χ1v) is 5.16. The Kier molecular flexibility index (Phi) is 2.42. The Bertz CT molecular complexity index is 483. The van der Waals surface area contributed by atoms with Gasteiger partial charge < -0.3 is 10.3 Å². The minimum absolute atomic E-state index is 0.129. The molecular formula is C12H15N3O. The average Bonchev–Trinajstić information content (AvgIpc) is 2.61. The molecular weight excluding hydrogens is 202 g/mol. The Balaban J connectivity index is 2.61. The molecule has 0 bridgehead atoms. The summed E-state index contributed by atoms with van der Waals surface area (Å²) in [7, 11) is 0. The van der Waals surface area contributed by atoms with Crippen molar-refractivity contribution in [3.8, 4) is 11.1 Å². The second-order valence-electron chi connectivity index (χ2n) is 4.76. The van der Waals surface area contributed by atoms with E-state index in [0.29, 0.717) is 5.82 Å². The number of pyridine rings is 1. The molecule has 0 radical (unpaired) electrons. The van der Waals surface area contributed by atoms with Crippen molar-refractivity contribution < 1.29 is 4.52 Å². The van der Waals surface area contributed by atoms with E-state index < -0.39 is 0 Å². The Morgan fingerprint density at radius 1 is 1.31 bits per heavy atom. The molecule has 2 N–H and O–H groups in total. The molecule has 0 aromatic carbocycles. The second kappa shape index (κ2) is 3.63. The summed E-state index contributed by atoms with van der Waals surface area (Å²) in [5.41, 5.74) is 7.49. The molecule has 0 fully saturated rings. The minimum Gasteiger partial charge on any atom is -0.380 e. The molecule has 0 saturated heterocycles. The predicted octanol–water partition coefficient (Wildman–Crippen LogP) is 2.62. The SMILES string of the molecule is CC(C)(C)c1onc(N)c1-c1cccnc1. The zero-order valence-electron chi connectivity index (χ0n) is 9.69. The highest BCUT2D eigenvalue weighted by atomic mass is 16.5. The Morgan fingerprint density at radius 3 is 2.62 bits per heavy atom. The number of nitrogen functional groups attached to an aromatic ring is 1. The van der Waals surface area contributed by atoms with Gasteiger partial charge in [-0.1, -0.05) is 32.0 Å². The maximum Gasteiger partial charge on any atom is 0.175 e. The van der Waals surface area contributed by atoms with E-state index in [1.165, 1.54) is 0 Å². The van der Waals surface area contributed by atoms with Crippen LogP contribution >= 0.6 is 0 Å². The largest absolute Gasteiger partial charge is 0.380 e. The van der Waals surface area contributed by atoms with E-state index in [-0.39, 0.29) is 5.41 Å². The highest BCUT2D eigenvalue weighted by Gasteiger charge is 2.26. The smallest absolute Gasteiger partial charge is 0.175 e. The van der Waals surface area contributed by atoms with Gasteiger partial charge in [-0.3, -0.25) is 4.98 Å². The molecule has 0 atom stereocenters. The molecule has 84 valence electrons. The fourth-order valence-corrected chi connectivity index (χ4v) is 1.60. The average molecular weight is 217 g/mol. The summed E-state index contributed by atoms with van der Waals surface area (Å²) in [6.07, 6.45) is 3.49. The molecule has 4 nitrogen and oxygen atoms in total. The lowest BCUT2D eigenvalue weighted by atomic mass is 9.88. The third kappa shape index (κ3) is 1.78. The number of nitrogens with zero attached hydrogens (tertiary/aromatic N) is 2. The van der Waals surface area contributed by atoms with Gasteiger partial charge in [-0.25, -0.2) is 0 Å². The summed E-state index contributed by atoms with van der Waals surface area (Å²) < 4.78 is 5.31. The fourth-order valence-electron chi connectivity index (χ4n) is 1.60. The third-order valence-corrected chi connectivity index (χ3v) is 2.35. The summed E-state index contributed by atoms with van der Waals surface area (Å²) in [5, 5.41) is 3.83. The summed E-state index contributed by atoms with van der Waals surface area (Å²) >= 11 is 0. The van der Waals surface area contributed by atoms with E-state index in [9.17, 15) is 0 Å². The van der Waals surface area contributed by atoms with Gasteiger partial charge in [0.05, 0.1) is 5.56 Å². The topological polar surface area (TPSA) is 64.9 Å². The van der Waals surface area contributed by atoms with Crippen LogP contribution in [0.25, 0.3) is 11.1 Å². The lowest BCUT2D eigenvalue weighted by Gasteiger charge is -2.15. The van der Waals surface area contributed by atoms with E-state index in [0.717, 1.165) is 16.9 Å². The second-order valence-corrected chi connectivity index (χ2v) is 4.76. The van der Waals surface area contributed by atoms with Gasteiger partial charge >= 0.3 is 0 Å². The van der Waals surface area contributed by atoms with Crippen LogP contribution < -0.4 is 5.73 Å². The molecule has 0 aliphatic rings. The quantitative estimate of drug-likeness (QED) is 0.797. The van der Waals surface area contributed by atoms with Crippen molar-refractivity contribution in [2.45, 2.75) is 26.2 Å². The van der Waals surface area contributed by atoms with E-state index in [1.807, 2.05) is 12.1 Å². The molecule has 2 rings (SSSR count). The van der Waals surface area contributed by atoms with Crippen molar-refractivity contribution in [1.82, 2.24) is 10.1 Å². The predicted molar refractivity (Wildman–Crippen MR) is 62.8 cm³/mol. The molecule has 0 aliphatic carbocycles. The molecule has 0 aliphatic heterocycles. The van der Waals surface area contributed by atoms with E-state index in [4.69, 9.17) is 10.3 Å². The van der Waals surface area contributed by atoms with Gasteiger partial charge in [0.25, 0.3) is 0 Å². The van der Waals surface area contributed by atoms with Crippen molar-refractivity contribution in [3.05, 3.63) is 30.3 Å². The van der Waals surface area contributed by atoms with Crippen LogP contribution in [0, 0.1) is 0 Å². The van der Waals surface area contributed by atoms with Gasteiger partial charge in [-0.05, 0) is 6.07 Å². The van der Waals surface area contributed by atoms with Gasteiger partial charge in [-0.2, -0.15) is 0 Å². The van der Waals surface area contributed by atoms with Gasteiger partial charge in [0.1, 0.15) is 0 Å². The molecule has 0 spiro atoms. The number of hydrogen-bond donors (Lipinski definition) is 1. The molecule has 0 saturated carbocycles. The van der Waals surface area contributed by atoms with E-state index in [1.54, 1.807) is 12.4 Å². The minimum atomic E-state index is -0.129. The van der Waals surface area contributed by atoms with Gasteiger partial charge in [0.2, 0.25) is 0 Å². The molecule has 0 unspecified atom stereocenters. The van der Waals surface area contributed by atoms with Gasteiger partial charge in [-0.15, -0.1) is 0 Å². The molecule has 4 heteroatoms. The van der Waals surface area contributed by atoms with Crippen molar-refractivity contribution in [1.29, 1.82) is 0 Å². The summed E-state index contributed by atoms with van der Waals surface area (Å²) in [6.45, 7) is 6.19. The van der Waals surface area contributed by atoms with Crippen LogP contribution in [0.15, 0.2) is 29.0 Å². The molecule has 2 heterocycles. The first-order valence-electron chi connectivity index (χ1n) is 5.16. The van der Waals surface area contributed by atoms with E-state index in [2.05, 4.69) is 30.9 Å². The Labute approximate surface area is 94.5 Å². The first-order chi connectivity index (χ1) is 7.50. The van der Waals surface area contributed by atoms with Crippen molar-refractivity contribution >= 4 is 5.82 Å². The van der Waals surface area contributed by atoms with Crippen LogP contribution in [0.2, 0.25) is 0 Å². The van der Waals surface area contributed by atoms with Crippen LogP contribution in [-0.2, 0) is 5.41 Å². The van der Waals surface area contributed by atoms with Crippen LogP contribution in [-0.4, -0.2) is 10.1 Å². The van der Waals surface area contributed by atoms with Crippen LogP contribution in [0.4, 0.5) is 5.82 Å². The number of aromatic nitrogens is 2. The molecule has 16 heavy (non-hydrogen) atoms. The fraction of sp³-hybridized carbons (Fsp3) is 0.333. The third-order valence-electron chi connectivity index (χ3n) is 2.35. The number of anilines is 1. The van der Waals surface area contributed by atoms with Crippen LogP contribution in [0.5, 0.6) is 0 Å². The lowest BCUT2D eigenvalue weighted by Crippen LogP contribution is -2.11. The zero-order chi connectivity index (χ0) is 11.8. The maximum atomic E-state index is 5.84. The number of nitrogens with two attached hydrogens (primary N) is 1. The summed E-state index contributed by atoms with van der Waals surface area (Å²) in [4.78, 5) is 4.08. The van der Waals surface area contributed by atoms with Crippen molar-refractivity contribution in [2.24, 2.45) is 0 Å². The highest BCUT2D eigenvalue weighted by Crippen LogP contribution is 2.36. The number of hydrogen-bond acceptors (Lipinski definition) is 4. The maximum absolute atomic E-state index is 5.84.